The van der Waals surface area contributed by atoms with Crippen LogP contribution < -0.4 is 5.56 Å². The highest BCUT2D eigenvalue weighted by Crippen LogP contribution is 2.41. The van der Waals surface area contributed by atoms with Gasteiger partial charge in [-0.3, -0.25) is 14.7 Å². The van der Waals surface area contributed by atoms with Crippen molar-refractivity contribution in [1.82, 2.24) is 19.4 Å². The zero-order chi connectivity index (χ0) is 18.3. The predicted octanol–water partition coefficient (Wildman–Crippen LogP) is 2.62. The molecule has 138 valence electrons. The Bertz CT molecular complexity index is 832. The number of fused-ring (bicyclic) bond motifs is 4. The molecule has 0 unspecified atom stereocenters. The molecule has 26 heavy (non-hydrogen) atoms. The zero-order valence-electron chi connectivity index (χ0n) is 15.3. The molecule has 5 nitrogen and oxygen atoms in total. The molecule has 6 heteroatoms. The number of nitrogens with zero attached hydrogens (tertiary/aromatic N) is 4. The topological polar surface area (TPSA) is 41.4 Å². The molecule has 0 N–H and O–H groups in total. The molecule has 1 fully saturated rings. The molecule has 2 aromatic rings. The second kappa shape index (κ2) is 7.14. The first-order valence-electron chi connectivity index (χ1n) is 9.20. The minimum Gasteiger partial charge on any atom is -0.308 e. The molecule has 2 aromatic heterocycles. The summed E-state index contributed by atoms with van der Waals surface area (Å²) in [5.74, 6) is 0.893. The maximum Gasteiger partial charge on any atom is 0.251 e. The third-order valence-electron chi connectivity index (χ3n) is 5.60. The molecule has 3 atom stereocenters. The fourth-order valence-electron chi connectivity index (χ4n) is 4.60. The van der Waals surface area contributed by atoms with Crippen LogP contribution in [0, 0.1) is 5.92 Å². The number of hydrogen-bond donors (Lipinski definition) is 0. The van der Waals surface area contributed by atoms with Crippen molar-refractivity contribution in [2.45, 2.75) is 24.9 Å². The minimum atomic E-state index is 0.136. The van der Waals surface area contributed by atoms with Crippen molar-refractivity contribution in [1.29, 1.82) is 0 Å². The van der Waals surface area contributed by atoms with Crippen LogP contribution in [-0.4, -0.2) is 53.1 Å². The summed E-state index contributed by atoms with van der Waals surface area (Å²) in [7, 11) is 4.16. The van der Waals surface area contributed by atoms with Gasteiger partial charge in [0.15, 0.2) is 0 Å². The quantitative estimate of drug-likeness (QED) is 0.827. The van der Waals surface area contributed by atoms with Gasteiger partial charge in [-0.25, -0.2) is 0 Å². The lowest BCUT2D eigenvalue weighted by Gasteiger charge is -2.47. The van der Waals surface area contributed by atoms with E-state index in [0.29, 0.717) is 16.9 Å². The van der Waals surface area contributed by atoms with Crippen LogP contribution in [0.5, 0.6) is 0 Å². The van der Waals surface area contributed by atoms with Gasteiger partial charge >= 0.3 is 0 Å². The van der Waals surface area contributed by atoms with Gasteiger partial charge in [0.05, 0.1) is 16.8 Å². The standard InChI is InChI=1S/C20H25ClN4O/c1-23(2)13-19-15-8-14(18-4-3-5-20(26)25(18)19)10-24(11-15)12-17-7-6-16(21)9-22-17/h3-7,9,14-15,19H,8,10-13H2,1-2H3/t14-,15+,19+/m1/s1. The van der Waals surface area contributed by atoms with Crippen molar-refractivity contribution in [3.63, 3.8) is 0 Å². The Morgan fingerprint density at radius 2 is 2.08 bits per heavy atom. The van der Waals surface area contributed by atoms with Gasteiger partial charge in [-0.1, -0.05) is 17.7 Å². The fraction of sp³-hybridized carbons (Fsp3) is 0.500. The average Bonchev–Trinajstić information content (AvgIpc) is 2.60. The first kappa shape index (κ1) is 17.7. The molecule has 2 aliphatic rings. The van der Waals surface area contributed by atoms with E-state index < -0.39 is 0 Å². The van der Waals surface area contributed by atoms with E-state index in [9.17, 15) is 4.79 Å². The van der Waals surface area contributed by atoms with Gasteiger partial charge in [-0.05, 0) is 44.6 Å². The lowest BCUT2D eigenvalue weighted by molar-refractivity contribution is 0.0736. The van der Waals surface area contributed by atoms with Crippen LogP contribution in [0.25, 0.3) is 0 Å². The van der Waals surface area contributed by atoms with Gasteiger partial charge in [0.1, 0.15) is 0 Å². The van der Waals surface area contributed by atoms with Crippen molar-refractivity contribution in [2.24, 2.45) is 5.92 Å². The van der Waals surface area contributed by atoms with Gasteiger partial charge in [0.2, 0.25) is 0 Å². The SMILES string of the molecule is CN(C)C[C@H]1[C@H]2C[C@H](CN(Cc3ccc(Cl)cn3)C2)c2cccc(=O)n21. The Hall–Kier alpha value is -1.69. The number of likely N-dealkylation sites (tertiary alicyclic amines) is 1. The van der Waals surface area contributed by atoms with E-state index >= 15 is 0 Å². The number of piperidine rings is 1. The Labute approximate surface area is 159 Å². The van der Waals surface area contributed by atoms with Crippen molar-refractivity contribution in [3.05, 3.63) is 63.3 Å². The van der Waals surface area contributed by atoms with E-state index in [4.69, 9.17) is 11.6 Å². The van der Waals surface area contributed by atoms with Crippen molar-refractivity contribution >= 4 is 11.6 Å². The number of pyridine rings is 2. The Morgan fingerprint density at radius 3 is 2.81 bits per heavy atom. The van der Waals surface area contributed by atoms with Crippen LogP contribution in [0.2, 0.25) is 5.02 Å². The molecule has 0 spiro atoms. The summed E-state index contributed by atoms with van der Waals surface area (Å²) in [6.45, 7) is 3.69. The molecular weight excluding hydrogens is 348 g/mol. The van der Waals surface area contributed by atoms with Gasteiger partial charge < -0.3 is 9.47 Å². The smallest absolute Gasteiger partial charge is 0.251 e. The van der Waals surface area contributed by atoms with E-state index in [-0.39, 0.29) is 11.6 Å². The first-order chi connectivity index (χ1) is 12.5. The molecule has 0 aliphatic carbocycles. The summed E-state index contributed by atoms with van der Waals surface area (Å²) in [6.07, 6.45) is 2.87. The van der Waals surface area contributed by atoms with E-state index in [1.54, 1.807) is 12.3 Å². The highest BCUT2D eigenvalue weighted by atomic mass is 35.5. The number of rotatable bonds is 4. The summed E-state index contributed by atoms with van der Waals surface area (Å²) >= 11 is 5.96. The first-order valence-corrected chi connectivity index (χ1v) is 9.58. The Kier molecular flexibility index (Phi) is 4.86. The Balaban J connectivity index is 1.63. The highest BCUT2D eigenvalue weighted by Gasteiger charge is 2.40. The van der Waals surface area contributed by atoms with Crippen LogP contribution in [0.15, 0.2) is 41.3 Å². The van der Waals surface area contributed by atoms with Crippen molar-refractivity contribution < 1.29 is 0 Å². The summed E-state index contributed by atoms with van der Waals surface area (Å²) in [5.41, 5.74) is 2.37. The summed E-state index contributed by atoms with van der Waals surface area (Å²) in [5, 5.41) is 0.670. The third kappa shape index (κ3) is 3.43. The zero-order valence-corrected chi connectivity index (χ0v) is 16.1. The van der Waals surface area contributed by atoms with Gasteiger partial charge in [0.25, 0.3) is 5.56 Å². The highest BCUT2D eigenvalue weighted by molar-refractivity contribution is 6.30. The normalized spacial score (nSPS) is 25.3. The van der Waals surface area contributed by atoms with E-state index in [1.807, 2.05) is 18.2 Å². The number of halogens is 1. The Morgan fingerprint density at radius 1 is 1.23 bits per heavy atom. The maximum absolute atomic E-state index is 12.6. The number of aromatic nitrogens is 2. The second-order valence-corrected chi connectivity index (χ2v) is 8.28. The number of likely N-dealkylation sites (N-methyl/N-ethyl adjacent to an activating group) is 1. The fourth-order valence-corrected chi connectivity index (χ4v) is 4.72. The van der Waals surface area contributed by atoms with Gasteiger partial charge in [0, 0.05) is 50.1 Å². The van der Waals surface area contributed by atoms with Crippen LogP contribution in [0.4, 0.5) is 0 Å². The molecule has 0 amide bonds. The van der Waals surface area contributed by atoms with E-state index in [1.165, 1.54) is 5.69 Å². The predicted molar refractivity (Wildman–Crippen MR) is 104 cm³/mol. The monoisotopic (exact) mass is 372 g/mol. The maximum atomic E-state index is 12.6. The summed E-state index contributed by atoms with van der Waals surface area (Å²) in [4.78, 5) is 21.7. The van der Waals surface area contributed by atoms with Crippen LogP contribution in [0.3, 0.4) is 0 Å². The van der Waals surface area contributed by atoms with Gasteiger partial charge in [-0.2, -0.15) is 0 Å². The molecule has 1 saturated heterocycles. The second-order valence-electron chi connectivity index (χ2n) is 7.84. The number of hydrogen-bond acceptors (Lipinski definition) is 4. The summed E-state index contributed by atoms with van der Waals surface area (Å²) in [6, 6.07) is 9.87. The molecule has 0 saturated carbocycles. The molecule has 0 aromatic carbocycles. The molecule has 4 heterocycles. The third-order valence-corrected chi connectivity index (χ3v) is 5.82. The van der Waals surface area contributed by atoms with E-state index in [0.717, 1.165) is 38.3 Å². The molecule has 2 bridgehead atoms. The summed E-state index contributed by atoms with van der Waals surface area (Å²) < 4.78 is 2.07. The molecule has 0 radical (unpaired) electrons. The molecular formula is C20H25ClN4O. The lowest BCUT2D eigenvalue weighted by Crippen LogP contribution is -2.51. The average molecular weight is 373 g/mol. The molecule has 2 aliphatic heterocycles. The largest absolute Gasteiger partial charge is 0.308 e. The van der Waals surface area contributed by atoms with Gasteiger partial charge in [-0.15, -0.1) is 0 Å². The lowest BCUT2D eigenvalue weighted by atomic mass is 9.78. The van der Waals surface area contributed by atoms with Crippen LogP contribution in [-0.2, 0) is 6.54 Å². The minimum absolute atomic E-state index is 0.136. The van der Waals surface area contributed by atoms with Crippen LogP contribution in [0.1, 0.15) is 29.8 Å². The van der Waals surface area contributed by atoms with Crippen molar-refractivity contribution in [2.75, 3.05) is 33.7 Å². The van der Waals surface area contributed by atoms with Crippen molar-refractivity contribution in [3.8, 4) is 0 Å². The van der Waals surface area contributed by atoms with E-state index in [2.05, 4.69) is 39.5 Å². The van der Waals surface area contributed by atoms with Crippen LogP contribution >= 0.6 is 11.6 Å². The molecule has 4 rings (SSSR count).